The maximum absolute atomic E-state index is 6.19. The molecule has 2 saturated heterocycles. The molecule has 1 aromatic rings. The Bertz CT molecular complexity index is 629. The van der Waals surface area contributed by atoms with Crippen LogP contribution in [0.5, 0.6) is 5.75 Å². The summed E-state index contributed by atoms with van der Waals surface area (Å²) in [6, 6.07) is 8.80. The highest BCUT2D eigenvalue weighted by molar-refractivity contribution is 14.0. The minimum Gasteiger partial charge on any atom is -0.492 e. The molecule has 3 rings (SSSR count). The highest BCUT2D eigenvalue weighted by atomic mass is 127. The minimum atomic E-state index is 0. The van der Waals surface area contributed by atoms with Gasteiger partial charge in [0.2, 0.25) is 0 Å². The fourth-order valence-corrected chi connectivity index (χ4v) is 3.86. The summed E-state index contributed by atoms with van der Waals surface area (Å²) in [7, 11) is 2.18. The van der Waals surface area contributed by atoms with E-state index in [4.69, 9.17) is 15.2 Å². The molecule has 6 nitrogen and oxygen atoms in total. The van der Waals surface area contributed by atoms with Crippen LogP contribution in [0.1, 0.15) is 38.2 Å². The first-order valence-electron chi connectivity index (χ1n) is 10.7. The Morgan fingerprint density at radius 3 is 2.69 bits per heavy atom. The van der Waals surface area contributed by atoms with Crippen LogP contribution in [0.2, 0.25) is 0 Å². The summed E-state index contributed by atoms with van der Waals surface area (Å²) < 4.78 is 11.4. The third-order valence-corrected chi connectivity index (χ3v) is 5.96. The lowest BCUT2D eigenvalue weighted by molar-refractivity contribution is 0.0392. The van der Waals surface area contributed by atoms with Gasteiger partial charge >= 0.3 is 0 Å². The molecule has 0 saturated carbocycles. The average Bonchev–Trinajstić information content (AvgIpc) is 2.73. The van der Waals surface area contributed by atoms with Gasteiger partial charge in [0, 0.05) is 38.9 Å². The quantitative estimate of drug-likeness (QED) is 0.342. The number of nitrogens with zero attached hydrogens (tertiary/aromatic N) is 3. The van der Waals surface area contributed by atoms with Crippen LogP contribution in [0.15, 0.2) is 29.3 Å². The van der Waals surface area contributed by atoms with Crippen LogP contribution in [0.4, 0.5) is 0 Å². The van der Waals surface area contributed by atoms with Gasteiger partial charge in [-0.05, 0) is 56.3 Å². The van der Waals surface area contributed by atoms with Crippen LogP contribution >= 0.6 is 24.0 Å². The van der Waals surface area contributed by atoms with Crippen LogP contribution in [-0.2, 0) is 11.3 Å². The minimum absolute atomic E-state index is 0. The monoisotopic (exact) mass is 516 g/mol. The predicted octanol–water partition coefficient (Wildman–Crippen LogP) is 3.34. The lowest BCUT2D eigenvalue weighted by atomic mass is 10.00. The number of hydrogen-bond acceptors (Lipinski definition) is 4. The van der Waals surface area contributed by atoms with Gasteiger partial charge in [-0.15, -0.1) is 24.0 Å². The van der Waals surface area contributed by atoms with Crippen molar-refractivity contribution in [3.8, 4) is 5.75 Å². The Kier molecular flexibility index (Phi) is 10.5. The van der Waals surface area contributed by atoms with E-state index in [1.54, 1.807) is 0 Å². The van der Waals surface area contributed by atoms with Gasteiger partial charge in [0.05, 0.1) is 6.54 Å². The molecule has 2 aliphatic rings. The molecule has 2 N–H and O–H groups in total. The number of benzene rings is 1. The number of likely N-dealkylation sites (tertiary alicyclic amines) is 1. The summed E-state index contributed by atoms with van der Waals surface area (Å²) in [5.41, 5.74) is 7.32. The SMILES string of the molecule is CC1CCN(C(N)=NCc2cccc(OCCN(C)C3CCOCC3)c2)CC1.I. The van der Waals surface area contributed by atoms with Crippen LogP contribution in [-0.4, -0.2) is 68.3 Å². The Hall–Kier alpha value is -1.06. The zero-order valence-electron chi connectivity index (χ0n) is 17.9. The molecule has 0 bridgehead atoms. The number of nitrogens with two attached hydrogens (primary N) is 1. The molecule has 29 heavy (non-hydrogen) atoms. The van der Waals surface area contributed by atoms with E-state index in [-0.39, 0.29) is 24.0 Å². The van der Waals surface area contributed by atoms with Gasteiger partial charge in [-0.3, -0.25) is 4.90 Å². The number of guanidine groups is 1. The fraction of sp³-hybridized carbons (Fsp3) is 0.682. The molecule has 0 atom stereocenters. The number of rotatable bonds is 7. The van der Waals surface area contributed by atoms with Gasteiger partial charge < -0.3 is 20.1 Å². The van der Waals surface area contributed by atoms with E-state index in [1.807, 2.05) is 12.1 Å². The molecule has 7 heteroatoms. The average molecular weight is 516 g/mol. The van der Waals surface area contributed by atoms with Crippen molar-refractivity contribution < 1.29 is 9.47 Å². The highest BCUT2D eigenvalue weighted by Crippen LogP contribution is 2.17. The first kappa shape index (κ1) is 24.2. The smallest absolute Gasteiger partial charge is 0.191 e. The molecule has 2 aliphatic heterocycles. The molecule has 2 heterocycles. The van der Waals surface area contributed by atoms with Gasteiger partial charge in [0.15, 0.2) is 5.96 Å². The van der Waals surface area contributed by atoms with Crippen molar-refractivity contribution in [3.05, 3.63) is 29.8 Å². The third-order valence-electron chi connectivity index (χ3n) is 5.96. The summed E-state index contributed by atoms with van der Waals surface area (Å²) in [6.45, 7) is 8.28. The van der Waals surface area contributed by atoms with Gasteiger partial charge in [0.25, 0.3) is 0 Å². The van der Waals surface area contributed by atoms with Crippen molar-refractivity contribution in [2.75, 3.05) is 46.5 Å². The number of likely N-dealkylation sites (N-methyl/N-ethyl adjacent to an activating group) is 1. The second-order valence-electron chi connectivity index (χ2n) is 8.16. The lowest BCUT2D eigenvalue weighted by Crippen LogP contribution is -2.42. The second-order valence-corrected chi connectivity index (χ2v) is 8.16. The third kappa shape index (κ3) is 7.94. The molecule has 164 valence electrons. The summed E-state index contributed by atoms with van der Waals surface area (Å²) in [5, 5.41) is 0. The Balaban J connectivity index is 0.00000300. The Morgan fingerprint density at radius 1 is 1.24 bits per heavy atom. The summed E-state index contributed by atoms with van der Waals surface area (Å²) in [5.74, 6) is 2.36. The van der Waals surface area contributed by atoms with Crippen molar-refractivity contribution in [1.82, 2.24) is 9.80 Å². The van der Waals surface area contributed by atoms with Gasteiger partial charge in [-0.25, -0.2) is 4.99 Å². The zero-order valence-corrected chi connectivity index (χ0v) is 20.2. The van der Waals surface area contributed by atoms with E-state index in [9.17, 15) is 0 Å². The van der Waals surface area contributed by atoms with E-state index in [2.05, 4.69) is 40.9 Å². The normalized spacial score (nSPS) is 19.3. The fourth-order valence-electron chi connectivity index (χ4n) is 3.86. The van der Waals surface area contributed by atoms with Gasteiger partial charge in [0.1, 0.15) is 12.4 Å². The largest absolute Gasteiger partial charge is 0.492 e. The molecule has 0 spiro atoms. The first-order chi connectivity index (χ1) is 13.6. The lowest BCUT2D eigenvalue weighted by Gasteiger charge is -2.31. The van der Waals surface area contributed by atoms with Crippen molar-refractivity contribution in [2.45, 2.75) is 45.2 Å². The van der Waals surface area contributed by atoms with E-state index in [0.29, 0.717) is 25.2 Å². The topological polar surface area (TPSA) is 63.3 Å². The van der Waals surface area contributed by atoms with E-state index >= 15 is 0 Å². The first-order valence-corrected chi connectivity index (χ1v) is 10.7. The summed E-state index contributed by atoms with van der Waals surface area (Å²) in [4.78, 5) is 9.19. The van der Waals surface area contributed by atoms with Gasteiger partial charge in [-0.1, -0.05) is 19.1 Å². The number of hydrogen-bond donors (Lipinski definition) is 1. The Morgan fingerprint density at radius 2 is 1.97 bits per heavy atom. The molecular formula is C22H37IN4O2. The molecule has 0 amide bonds. The van der Waals surface area contributed by atoms with Gasteiger partial charge in [-0.2, -0.15) is 0 Å². The van der Waals surface area contributed by atoms with Crippen LogP contribution in [0.25, 0.3) is 0 Å². The van der Waals surface area contributed by atoms with E-state index in [1.165, 1.54) is 12.8 Å². The number of halogens is 1. The van der Waals surface area contributed by atoms with Crippen LogP contribution in [0.3, 0.4) is 0 Å². The molecule has 1 aromatic carbocycles. The summed E-state index contributed by atoms with van der Waals surface area (Å²) in [6.07, 6.45) is 4.62. The number of aliphatic imine (C=N–C) groups is 1. The van der Waals surface area contributed by atoms with E-state index in [0.717, 1.165) is 62.9 Å². The molecule has 0 aromatic heterocycles. The van der Waals surface area contributed by atoms with Crippen molar-refractivity contribution in [1.29, 1.82) is 0 Å². The maximum atomic E-state index is 6.19. The van der Waals surface area contributed by atoms with E-state index < -0.39 is 0 Å². The second kappa shape index (κ2) is 12.6. The molecular weight excluding hydrogens is 479 g/mol. The summed E-state index contributed by atoms with van der Waals surface area (Å²) >= 11 is 0. The molecule has 2 fully saturated rings. The van der Waals surface area contributed by atoms with Crippen molar-refractivity contribution in [3.63, 3.8) is 0 Å². The van der Waals surface area contributed by atoms with Crippen LogP contribution < -0.4 is 10.5 Å². The molecule has 0 aliphatic carbocycles. The number of ether oxygens (including phenoxy) is 2. The van der Waals surface area contributed by atoms with Crippen LogP contribution in [0, 0.1) is 5.92 Å². The van der Waals surface area contributed by atoms with Crippen molar-refractivity contribution in [2.24, 2.45) is 16.6 Å². The zero-order chi connectivity index (χ0) is 19.8. The Labute approximate surface area is 192 Å². The predicted molar refractivity (Wildman–Crippen MR) is 129 cm³/mol. The van der Waals surface area contributed by atoms with Crippen molar-refractivity contribution >= 4 is 29.9 Å². The molecule has 0 radical (unpaired) electrons. The standard InChI is InChI=1S/C22H36N4O2.HI/c1-18-6-10-26(11-7-18)22(23)24-17-19-4-3-5-21(16-19)28-15-12-25(2)20-8-13-27-14-9-20;/h3-5,16,18,20H,6-15,17H2,1-2H3,(H2,23,24);1H. The molecule has 0 unspecified atom stereocenters. The maximum Gasteiger partial charge on any atom is 0.191 e. The number of piperidine rings is 1. The highest BCUT2D eigenvalue weighted by Gasteiger charge is 2.18.